The smallest absolute Gasteiger partial charge is 0.229 e. The van der Waals surface area contributed by atoms with E-state index in [0.29, 0.717) is 24.0 Å². The van der Waals surface area contributed by atoms with Gasteiger partial charge in [-0.1, -0.05) is 31.5 Å². The van der Waals surface area contributed by atoms with E-state index >= 15 is 0 Å². The largest absolute Gasteiger partial charge is 0.339 e. The minimum atomic E-state index is -0.253. The molecule has 1 heterocycles. The van der Waals surface area contributed by atoms with Crippen molar-refractivity contribution in [2.45, 2.75) is 52.0 Å². The average molecular weight is 335 g/mol. The summed E-state index contributed by atoms with van der Waals surface area (Å²) >= 11 is 6.28. The summed E-state index contributed by atoms with van der Waals surface area (Å²) in [4.78, 5) is 26.6. The molecule has 0 radical (unpaired) electrons. The van der Waals surface area contributed by atoms with Crippen LogP contribution in [0.5, 0.6) is 0 Å². The first kappa shape index (κ1) is 16.3. The molecule has 124 valence electrons. The fourth-order valence-corrected chi connectivity index (χ4v) is 3.63. The number of carbonyl (C=O) groups is 2. The molecule has 2 aliphatic rings. The van der Waals surface area contributed by atoms with Crippen molar-refractivity contribution in [3.63, 3.8) is 0 Å². The maximum atomic E-state index is 12.7. The van der Waals surface area contributed by atoms with Crippen molar-refractivity contribution in [3.8, 4) is 0 Å². The highest BCUT2D eigenvalue weighted by molar-refractivity contribution is 6.32. The Morgan fingerprint density at radius 1 is 1.30 bits per heavy atom. The maximum absolute atomic E-state index is 12.7. The lowest BCUT2D eigenvalue weighted by Gasteiger charge is -2.18. The summed E-state index contributed by atoms with van der Waals surface area (Å²) in [5.41, 5.74) is 2.90. The van der Waals surface area contributed by atoms with Gasteiger partial charge in [-0.15, -0.1) is 0 Å². The number of amides is 2. The molecule has 1 aromatic carbocycles. The van der Waals surface area contributed by atoms with Crippen LogP contribution in [0.15, 0.2) is 12.1 Å². The van der Waals surface area contributed by atoms with Gasteiger partial charge in [-0.2, -0.15) is 0 Å². The van der Waals surface area contributed by atoms with Crippen molar-refractivity contribution < 1.29 is 9.59 Å². The van der Waals surface area contributed by atoms with Crippen molar-refractivity contribution in [1.82, 2.24) is 4.90 Å². The number of rotatable bonds is 5. The molecule has 4 nitrogen and oxygen atoms in total. The molecule has 3 rings (SSSR count). The third-order valence-electron chi connectivity index (χ3n) is 4.84. The van der Waals surface area contributed by atoms with Crippen LogP contribution in [0.25, 0.3) is 0 Å². The number of anilines is 1. The van der Waals surface area contributed by atoms with E-state index in [1.165, 1.54) is 0 Å². The first-order chi connectivity index (χ1) is 11.0. The molecule has 1 N–H and O–H groups in total. The van der Waals surface area contributed by atoms with Crippen molar-refractivity contribution >= 4 is 29.1 Å². The van der Waals surface area contributed by atoms with E-state index in [0.717, 1.165) is 42.5 Å². The number of hydrogen-bond acceptors (Lipinski definition) is 2. The molecule has 0 spiro atoms. The van der Waals surface area contributed by atoms with Crippen LogP contribution in [0.3, 0.4) is 0 Å². The summed E-state index contributed by atoms with van der Waals surface area (Å²) in [5.74, 6) is -0.199. The van der Waals surface area contributed by atoms with Gasteiger partial charge in [-0.25, -0.2) is 0 Å². The minimum absolute atomic E-state index is 0.0619. The number of halogens is 1. The van der Waals surface area contributed by atoms with Gasteiger partial charge in [-0.05, 0) is 42.9 Å². The Morgan fingerprint density at radius 2 is 2.04 bits per heavy atom. The Labute approximate surface area is 142 Å². The van der Waals surface area contributed by atoms with Crippen LogP contribution >= 0.6 is 11.6 Å². The topological polar surface area (TPSA) is 49.4 Å². The summed E-state index contributed by atoms with van der Waals surface area (Å²) in [7, 11) is 0. The molecule has 1 atom stereocenters. The summed E-state index contributed by atoms with van der Waals surface area (Å²) in [5, 5.41) is 3.74. The third-order valence-corrected chi connectivity index (χ3v) is 5.20. The second-order valence-corrected chi connectivity index (χ2v) is 6.84. The van der Waals surface area contributed by atoms with Crippen molar-refractivity contribution in [2.24, 2.45) is 5.92 Å². The molecule has 1 saturated carbocycles. The number of likely N-dealkylation sites (tertiary alicyclic amines) is 1. The standard InChI is InChI=1S/C18H23ClN2O2/c1-3-11-5-8-15(19)14(4-2)17(11)20-18(23)12-9-16(22)21(10-12)13-6-7-13/h5,8,12-13H,3-4,6-7,9-10H2,1-2H3,(H,20,23)/t12-/m1/s1. The molecule has 1 aliphatic carbocycles. The number of nitrogens with one attached hydrogen (secondary N) is 1. The van der Waals surface area contributed by atoms with Gasteiger partial charge in [0.15, 0.2) is 0 Å². The van der Waals surface area contributed by atoms with Gasteiger partial charge in [0.25, 0.3) is 0 Å². The molecule has 23 heavy (non-hydrogen) atoms. The number of aryl methyl sites for hydroxylation is 1. The van der Waals surface area contributed by atoms with E-state index in [9.17, 15) is 9.59 Å². The second kappa shape index (κ2) is 6.52. The van der Waals surface area contributed by atoms with Crippen LogP contribution in [0.1, 0.15) is 44.2 Å². The normalized spacial score (nSPS) is 20.9. The highest BCUT2D eigenvalue weighted by Crippen LogP contribution is 2.34. The quantitative estimate of drug-likeness (QED) is 0.897. The molecule has 1 aliphatic heterocycles. The van der Waals surface area contributed by atoms with Gasteiger partial charge in [-0.3, -0.25) is 9.59 Å². The molecule has 1 saturated heterocycles. The lowest BCUT2D eigenvalue weighted by molar-refractivity contribution is -0.128. The van der Waals surface area contributed by atoms with Crippen molar-refractivity contribution in [1.29, 1.82) is 0 Å². The highest BCUT2D eigenvalue weighted by atomic mass is 35.5. The zero-order valence-electron chi connectivity index (χ0n) is 13.7. The molecule has 0 aromatic heterocycles. The summed E-state index contributed by atoms with van der Waals surface area (Å²) in [6.45, 7) is 4.65. The highest BCUT2D eigenvalue weighted by Gasteiger charge is 2.41. The van der Waals surface area contributed by atoms with Crippen LogP contribution in [0, 0.1) is 5.92 Å². The molecule has 1 aromatic rings. The number of carbonyl (C=O) groups excluding carboxylic acids is 2. The van der Waals surface area contributed by atoms with Crippen LogP contribution in [0.2, 0.25) is 5.02 Å². The Hall–Kier alpha value is -1.55. The first-order valence-electron chi connectivity index (χ1n) is 8.45. The van der Waals surface area contributed by atoms with Gasteiger partial charge < -0.3 is 10.2 Å². The van der Waals surface area contributed by atoms with Crippen LogP contribution < -0.4 is 5.32 Å². The first-order valence-corrected chi connectivity index (χ1v) is 8.83. The fourth-order valence-electron chi connectivity index (χ4n) is 3.34. The molecule has 5 heteroatoms. The monoisotopic (exact) mass is 334 g/mol. The molecular formula is C18H23ClN2O2. The summed E-state index contributed by atoms with van der Waals surface area (Å²) < 4.78 is 0. The van der Waals surface area contributed by atoms with Gasteiger partial charge in [0.05, 0.1) is 5.92 Å². The van der Waals surface area contributed by atoms with Gasteiger partial charge in [0.1, 0.15) is 0 Å². The lowest BCUT2D eigenvalue weighted by atomic mass is 10.0. The molecule has 0 unspecified atom stereocenters. The third kappa shape index (κ3) is 3.23. The minimum Gasteiger partial charge on any atom is -0.339 e. The molecule has 2 fully saturated rings. The Bertz CT molecular complexity index is 640. The summed E-state index contributed by atoms with van der Waals surface area (Å²) in [6.07, 6.45) is 4.08. The maximum Gasteiger partial charge on any atom is 0.229 e. The van der Waals surface area contributed by atoms with Crippen LogP contribution in [-0.4, -0.2) is 29.3 Å². The Balaban J connectivity index is 1.78. The van der Waals surface area contributed by atoms with Crippen LogP contribution in [-0.2, 0) is 22.4 Å². The van der Waals surface area contributed by atoms with Crippen molar-refractivity contribution in [2.75, 3.05) is 11.9 Å². The SMILES string of the molecule is CCc1ccc(Cl)c(CC)c1NC(=O)[C@@H]1CC(=O)N(C2CC2)C1. The van der Waals surface area contributed by atoms with Gasteiger partial charge >= 0.3 is 0 Å². The van der Waals surface area contributed by atoms with E-state index in [4.69, 9.17) is 11.6 Å². The van der Waals surface area contributed by atoms with Gasteiger partial charge in [0.2, 0.25) is 11.8 Å². The Kier molecular flexibility index (Phi) is 4.62. The number of hydrogen-bond donors (Lipinski definition) is 1. The zero-order chi connectivity index (χ0) is 16.6. The van der Waals surface area contributed by atoms with E-state index < -0.39 is 0 Å². The Morgan fingerprint density at radius 3 is 2.65 bits per heavy atom. The summed E-state index contributed by atoms with van der Waals surface area (Å²) in [6, 6.07) is 4.24. The molecular weight excluding hydrogens is 312 g/mol. The predicted molar refractivity (Wildman–Crippen MR) is 91.7 cm³/mol. The second-order valence-electron chi connectivity index (χ2n) is 6.43. The zero-order valence-corrected chi connectivity index (χ0v) is 14.4. The van der Waals surface area contributed by atoms with E-state index in [2.05, 4.69) is 12.2 Å². The molecule has 2 amide bonds. The van der Waals surface area contributed by atoms with E-state index in [-0.39, 0.29) is 17.7 Å². The lowest BCUT2D eigenvalue weighted by Crippen LogP contribution is -2.30. The van der Waals surface area contributed by atoms with Crippen molar-refractivity contribution in [3.05, 3.63) is 28.3 Å². The van der Waals surface area contributed by atoms with E-state index in [1.54, 1.807) is 0 Å². The predicted octanol–water partition coefficient (Wildman–Crippen LogP) is 3.41. The molecule has 0 bridgehead atoms. The average Bonchev–Trinajstić information content (AvgIpc) is 3.30. The van der Waals surface area contributed by atoms with E-state index in [1.807, 2.05) is 24.0 Å². The van der Waals surface area contributed by atoms with Gasteiger partial charge in [0, 0.05) is 29.7 Å². The number of nitrogens with zero attached hydrogens (tertiary/aromatic N) is 1. The fraction of sp³-hybridized carbons (Fsp3) is 0.556. The van der Waals surface area contributed by atoms with Crippen LogP contribution in [0.4, 0.5) is 5.69 Å². The number of benzene rings is 1.